The zero-order valence-electron chi connectivity index (χ0n) is 13.5. The number of amides is 1. The van der Waals surface area contributed by atoms with Gasteiger partial charge in [0.15, 0.2) is 0 Å². The Bertz CT molecular complexity index is 510. The van der Waals surface area contributed by atoms with Crippen LogP contribution in [0.5, 0.6) is 0 Å². The fourth-order valence-electron chi connectivity index (χ4n) is 2.49. The minimum atomic E-state index is -0.537. The number of nitrogen functional groups attached to an aromatic ring is 1. The minimum Gasteiger partial charge on any atom is -0.444 e. The van der Waals surface area contributed by atoms with Crippen molar-refractivity contribution in [3.05, 3.63) is 24.3 Å². The zero-order valence-corrected chi connectivity index (χ0v) is 13.5. The lowest BCUT2D eigenvalue weighted by atomic mass is 10.1. The van der Waals surface area contributed by atoms with Gasteiger partial charge in [-0.1, -0.05) is 0 Å². The average molecular weight is 307 g/mol. The molecular weight excluding hydrogens is 282 g/mol. The third-order valence-corrected chi connectivity index (χ3v) is 3.58. The molecule has 1 amide bonds. The number of hydrogen-bond donors (Lipinski definition) is 2. The molecule has 1 saturated heterocycles. The quantitative estimate of drug-likeness (QED) is 0.813. The number of aliphatic hydroxyl groups is 1. The molecule has 0 unspecified atom stereocenters. The standard InChI is InChI=1S/C16H25N3O3/c1-16(2,3)22-15(21)19-9-8-18(10-14(19)11-20)13-6-4-12(17)5-7-13/h4-7,14,20H,8-11,17H2,1-3H3/t14-/m0/s1. The summed E-state index contributed by atoms with van der Waals surface area (Å²) >= 11 is 0. The smallest absolute Gasteiger partial charge is 0.410 e. The third kappa shape index (κ3) is 4.04. The molecule has 0 aliphatic carbocycles. The van der Waals surface area contributed by atoms with Crippen LogP contribution in [0.15, 0.2) is 24.3 Å². The van der Waals surface area contributed by atoms with Crippen LogP contribution in [0.25, 0.3) is 0 Å². The minimum absolute atomic E-state index is 0.0925. The fourth-order valence-corrected chi connectivity index (χ4v) is 2.49. The molecule has 0 bridgehead atoms. The van der Waals surface area contributed by atoms with Gasteiger partial charge in [-0.05, 0) is 45.0 Å². The molecule has 22 heavy (non-hydrogen) atoms. The van der Waals surface area contributed by atoms with Crippen molar-refractivity contribution < 1.29 is 14.6 Å². The number of anilines is 2. The highest BCUT2D eigenvalue weighted by molar-refractivity contribution is 5.69. The molecular formula is C16H25N3O3. The van der Waals surface area contributed by atoms with Gasteiger partial charge in [-0.25, -0.2) is 4.79 Å². The Kier molecular flexibility index (Phi) is 4.81. The van der Waals surface area contributed by atoms with E-state index in [1.165, 1.54) is 0 Å². The fraction of sp³-hybridized carbons (Fsp3) is 0.562. The first-order chi connectivity index (χ1) is 10.3. The van der Waals surface area contributed by atoms with Crippen LogP contribution in [0.2, 0.25) is 0 Å². The molecule has 0 spiro atoms. The molecule has 0 radical (unpaired) electrons. The summed E-state index contributed by atoms with van der Waals surface area (Å²) in [5, 5.41) is 9.62. The monoisotopic (exact) mass is 307 g/mol. The Morgan fingerprint density at radius 3 is 2.50 bits per heavy atom. The molecule has 2 rings (SSSR count). The van der Waals surface area contributed by atoms with Crippen molar-refractivity contribution in [2.45, 2.75) is 32.4 Å². The highest BCUT2D eigenvalue weighted by Crippen LogP contribution is 2.22. The van der Waals surface area contributed by atoms with Crippen molar-refractivity contribution in [3.63, 3.8) is 0 Å². The van der Waals surface area contributed by atoms with Gasteiger partial charge in [0.2, 0.25) is 0 Å². The number of carbonyl (C=O) groups is 1. The summed E-state index contributed by atoms with van der Waals surface area (Å²) < 4.78 is 5.41. The average Bonchev–Trinajstić information content (AvgIpc) is 2.45. The summed E-state index contributed by atoms with van der Waals surface area (Å²) in [7, 11) is 0. The maximum Gasteiger partial charge on any atom is 0.410 e. The van der Waals surface area contributed by atoms with E-state index >= 15 is 0 Å². The van der Waals surface area contributed by atoms with Gasteiger partial charge >= 0.3 is 6.09 Å². The second-order valence-corrected chi connectivity index (χ2v) is 6.55. The van der Waals surface area contributed by atoms with Gasteiger partial charge in [-0.2, -0.15) is 0 Å². The van der Waals surface area contributed by atoms with Crippen molar-refractivity contribution in [1.29, 1.82) is 0 Å². The molecule has 1 aliphatic heterocycles. The van der Waals surface area contributed by atoms with E-state index in [4.69, 9.17) is 10.5 Å². The maximum atomic E-state index is 12.2. The SMILES string of the molecule is CC(C)(C)OC(=O)N1CCN(c2ccc(N)cc2)C[C@H]1CO. The van der Waals surface area contributed by atoms with Crippen LogP contribution in [0.3, 0.4) is 0 Å². The number of ether oxygens (including phenoxy) is 1. The highest BCUT2D eigenvalue weighted by Gasteiger charge is 2.33. The van der Waals surface area contributed by atoms with E-state index in [2.05, 4.69) is 4.90 Å². The first-order valence-corrected chi connectivity index (χ1v) is 7.51. The summed E-state index contributed by atoms with van der Waals surface area (Å²) in [5.74, 6) is 0. The molecule has 1 heterocycles. The highest BCUT2D eigenvalue weighted by atomic mass is 16.6. The molecule has 1 aliphatic rings. The van der Waals surface area contributed by atoms with Gasteiger partial charge < -0.3 is 20.5 Å². The number of nitrogens with zero attached hydrogens (tertiary/aromatic N) is 2. The van der Waals surface area contributed by atoms with Gasteiger partial charge in [0.25, 0.3) is 0 Å². The first kappa shape index (κ1) is 16.4. The lowest BCUT2D eigenvalue weighted by Crippen LogP contribution is -2.57. The Morgan fingerprint density at radius 2 is 1.95 bits per heavy atom. The molecule has 1 atom stereocenters. The molecule has 1 aromatic carbocycles. The molecule has 1 aromatic rings. The van der Waals surface area contributed by atoms with Crippen molar-refractivity contribution >= 4 is 17.5 Å². The summed E-state index contributed by atoms with van der Waals surface area (Å²) in [5.41, 5.74) is 6.92. The second-order valence-electron chi connectivity index (χ2n) is 6.55. The van der Waals surface area contributed by atoms with Crippen molar-refractivity contribution in [2.75, 3.05) is 36.9 Å². The van der Waals surface area contributed by atoms with Gasteiger partial charge in [0.1, 0.15) is 5.60 Å². The van der Waals surface area contributed by atoms with E-state index in [1.54, 1.807) is 4.90 Å². The predicted octanol–water partition coefficient (Wildman–Crippen LogP) is 1.69. The normalized spacial score (nSPS) is 19.2. The molecule has 6 nitrogen and oxygen atoms in total. The van der Waals surface area contributed by atoms with Crippen LogP contribution < -0.4 is 10.6 Å². The largest absolute Gasteiger partial charge is 0.444 e. The van der Waals surface area contributed by atoms with Gasteiger partial charge in [-0.15, -0.1) is 0 Å². The van der Waals surface area contributed by atoms with E-state index in [-0.39, 0.29) is 18.7 Å². The molecule has 1 fully saturated rings. The number of carbonyl (C=O) groups excluding carboxylic acids is 1. The molecule has 0 aromatic heterocycles. The van der Waals surface area contributed by atoms with Crippen LogP contribution in [0, 0.1) is 0 Å². The van der Waals surface area contributed by atoms with Crippen LogP contribution >= 0.6 is 0 Å². The molecule has 6 heteroatoms. The van der Waals surface area contributed by atoms with Crippen molar-refractivity contribution in [3.8, 4) is 0 Å². The lowest BCUT2D eigenvalue weighted by molar-refractivity contribution is 0.00704. The number of hydrogen-bond acceptors (Lipinski definition) is 5. The van der Waals surface area contributed by atoms with Gasteiger partial charge in [-0.3, -0.25) is 4.90 Å². The van der Waals surface area contributed by atoms with Crippen LogP contribution in [-0.4, -0.2) is 54.0 Å². The summed E-state index contributed by atoms with van der Waals surface area (Å²) in [4.78, 5) is 16.0. The van der Waals surface area contributed by atoms with Gasteiger partial charge in [0.05, 0.1) is 12.6 Å². The first-order valence-electron chi connectivity index (χ1n) is 7.51. The van der Waals surface area contributed by atoms with E-state index < -0.39 is 5.60 Å². The van der Waals surface area contributed by atoms with E-state index in [1.807, 2.05) is 45.0 Å². The lowest BCUT2D eigenvalue weighted by Gasteiger charge is -2.42. The van der Waals surface area contributed by atoms with Crippen LogP contribution in [0.1, 0.15) is 20.8 Å². The molecule has 0 saturated carbocycles. The molecule has 3 N–H and O–H groups in total. The number of nitrogens with two attached hydrogens (primary N) is 1. The van der Waals surface area contributed by atoms with Crippen LogP contribution in [-0.2, 0) is 4.74 Å². The van der Waals surface area contributed by atoms with E-state index in [0.29, 0.717) is 19.6 Å². The Morgan fingerprint density at radius 1 is 1.32 bits per heavy atom. The van der Waals surface area contributed by atoms with Crippen molar-refractivity contribution in [2.24, 2.45) is 0 Å². The number of piperazine rings is 1. The summed E-state index contributed by atoms with van der Waals surface area (Å²) in [6.45, 7) is 7.20. The third-order valence-electron chi connectivity index (χ3n) is 3.58. The van der Waals surface area contributed by atoms with E-state index in [0.717, 1.165) is 11.4 Å². The number of benzene rings is 1. The molecule has 122 valence electrons. The topological polar surface area (TPSA) is 79.0 Å². The Balaban J connectivity index is 2.05. The van der Waals surface area contributed by atoms with Gasteiger partial charge in [0, 0.05) is 31.0 Å². The predicted molar refractivity (Wildman–Crippen MR) is 86.9 cm³/mol. The Labute approximate surface area is 131 Å². The van der Waals surface area contributed by atoms with Crippen LogP contribution in [0.4, 0.5) is 16.2 Å². The maximum absolute atomic E-state index is 12.2. The van der Waals surface area contributed by atoms with Crippen molar-refractivity contribution in [1.82, 2.24) is 4.90 Å². The second kappa shape index (κ2) is 6.44. The summed E-state index contributed by atoms with van der Waals surface area (Å²) in [6, 6.07) is 7.33. The van der Waals surface area contributed by atoms with E-state index in [9.17, 15) is 9.90 Å². The Hall–Kier alpha value is -1.95. The number of aliphatic hydroxyl groups excluding tert-OH is 1. The summed E-state index contributed by atoms with van der Waals surface area (Å²) in [6.07, 6.45) is -0.372. The zero-order chi connectivity index (χ0) is 16.3. The number of rotatable bonds is 2.